The van der Waals surface area contributed by atoms with Crippen LogP contribution in [0.15, 0.2) is 30.6 Å². The fourth-order valence-electron chi connectivity index (χ4n) is 2.99. The fourth-order valence-corrected chi connectivity index (χ4v) is 4.61. The number of hydrogen-bond acceptors (Lipinski definition) is 8. The SMILES string of the molecule is CN(Cc1cc2nc(-c3cccnc3)nc(N3CCOCC3)c2s1)S(C)(=O)=O. The number of nitrogens with zero attached hydrogens (tertiary/aromatic N) is 5. The maximum Gasteiger partial charge on any atom is 0.211 e. The van der Waals surface area contributed by atoms with E-state index in [9.17, 15) is 8.42 Å². The van der Waals surface area contributed by atoms with Crippen molar-refractivity contribution in [1.82, 2.24) is 19.3 Å². The number of morpholine rings is 1. The molecule has 4 rings (SSSR count). The van der Waals surface area contributed by atoms with Crippen LogP contribution in [0.5, 0.6) is 0 Å². The lowest BCUT2D eigenvalue weighted by molar-refractivity contribution is 0.122. The highest BCUT2D eigenvalue weighted by Gasteiger charge is 2.21. The van der Waals surface area contributed by atoms with Crippen molar-refractivity contribution in [2.24, 2.45) is 0 Å². The highest BCUT2D eigenvalue weighted by Crippen LogP contribution is 2.34. The number of pyridine rings is 1. The minimum atomic E-state index is -3.25. The third-order valence-electron chi connectivity index (χ3n) is 4.58. The van der Waals surface area contributed by atoms with E-state index in [0.29, 0.717) is 25.6 Å². The number of hydrogen-bond donors (Lipinski definition) is 0. The molecule has 10 heteroatoms. The van der Waals surface area contributed by atoms with E-state index in [1.54, 1.807) is 19.4 Å². The molecule has 0 N–H and O–H groups in total. The minimum absolute atomic E-state index is 0.310. The second-order valence-corrected chi connectivity index (χ2v) is 9.88. The van der Waals surface area contributed by atoms with Crippen LogP contribution in [0.3, 0.4) is 0 Å². The molecule has 0 bridgehead atoms. The Labute approximate surface area is 167 Å². The van der Waals surface area contributed by atoms with Gasteiger partial charge in [0, 0.05) is 49.5 Å². The first kappa shape index (κ1) is 19.2. The summed E-state index contributed by atoms with van der Waals surface area (Å²) in [4.78, 5) is 16.9. The summed E-state index contributed by atoms with van der Waals surface area (Å²) in [6, 6.07) is 5.74. The van der Waals surface area contributed by atoms with Gasteiger partial charge in [-0.05, 0) is 18.2 Å². The third-order valence-corrected chi connectivity index (χ3v) is 6.95. The Morgan fingerprint density at radius 2 is 2.07 bits per heavy atom. The van der Waals surface area contributed by atoms with Gasteiger partial charge >= 0.3 is 0 Å². The lowest BCUT2D eigenvalue weighted by Crippen LogP contribution is -2.36. The van der Waals surface area contributed by atoms with Gasteiger partial charge in [0.05, 0.1) is 29.7 Å². The van der Waals surface area contributed by atoms with Crippen LogP contribution >= 0.6 is 11.3 Å². The molecule has 0 amide bonds. The Kier molecular flexibility index (Phi) is 5.28. The number of anilines is 1. The second-order valence-electron chi connectivity index (χ2n) is 6.66. The first-order chi connectivity index (χ1) is 13.4. The topological polar surface area (TPSA) is 88.5 Å². The van der Waals surface area contributed by atoms with Crippen molar-refractivity contribution in [3.05, 3.63) is 35.5 Å². The maximum atomic E-state index is 11.8. The van der Waals surface area contributed by atoms with Gasteiger partial charge in [0.2, 0.25) is 10.0 Å². The van der Waals surface area contributed by atoms with Crippen LogP contribution in [-0.4, -0.2) is 67.3 Å². The molecular formula is C18H21N5O3S2. The van der Waals surface area contributed by atoms with Crippen molar-refractivity contribution in [3.8, 4) is 11.4 Å². The van der Waals surface area contributed by atoms with Crippen molar-refractivity contribution >= 4 is 37.4 Å². The fraction of sp³-hybridized carbons (Fsp3) is 0.389. The molecule has 1 aliphatic heterocycles. The number of sulfonamides is 1. The molecule has 0 spiro atoms. The smallest absolute Gasteiger partial charge is 0.211 e. The Balaban J connectivity index is 1.80. The highest BCUT2D eigenvalue weighted by atomic mass is 32.2. The van der Waals surface area contributed by atoms with Gasteiger partial charge in [-0.25, -0.2) is 22.7 Å². The van der Waals surface area contributed by atoms with Crippen molar-refractivity contribution in [3.63, 3.8) is 0 Å². The first-order valence-corrected chi connectivity index (χ1v) is 11.5. The summed E-state index contributed by atoms with van der Waals surface area (Å²) in [5, 5.41) is 0. The molecule has 0 saturated carbocycles. The average Bonchev–Trinajstić information content (AvgIpc) is 3.10. The molecule has 0 radical (unpaired) electrons. The van der Waals surface area contributed by atoms with Gasteiger partial charge in [0.1, 0.15) is 0 Å². The van der Waals surface area contributed by atoms with E-state index in [4.69, 9.17) is 14.7 Å². The summed E-state index contributed by atoms with van der Waals surface area (Å²) in [7, 11) is -1.67. The molecule has 0 aromatic carbocycles. The molecule has 8 nitrogen and oxygen atoms in total. The normalized spacial score (nSPS) is 15.5. The van der Waals surface area contributed by atoms with E-state index in [2.05, 4.69) is 9.88 Å². The molecule has 1 saturated heterocycles. The van der Waals surface area contributed by atoms with Crippen molar-refractivity contribution in [2.45, 2.75) is 6.54 Å². The van der Waals surface area contributed by atoms with Gasteiger partial charge in [0.25, 0.3) is 0 Å². The zero-order valence-corrected chi connectivity index (χ0v) is 17.3. The molecule has 4 heterocycles. The summed E-state index contributed by atoms with van der Waals surface area (Å²) >= 11 is 1.54. The van der Waals surface area contributed by atoms with Gasteiger partial charge in [-0.15, -0.1) is 11.3 Å². The summed E-state index contributed by atoms with van der Waals surface area (Å²) in [5.74, 6) is 1.48. The molecule has 1 aliphatic rings. The minimum Gasteiger partial charge on any atom is -0.378 e. The van der Waals surface area contributed by atoms with E-state index in [0.717, 1.165) is 39.6 Å². The predicted octanol–water partition coefficient (Wildman–Crippen LogP) is 1.98. The molecule has 0 atom stereocenters. The van der Waals surface area contributed by atoms with Crippen molar-refractivity contribution in [1.29, 1.82) is 0 Å². The van der Waals surface area contributed by atoms with E-state index in [1.165, 1.54) is 21.9 Å². The number of thiophene rings is 1. The zero-order valence-electron chi connectivity index (χ0n) is 15.7. The molecule has 1 fully saturated rings. The van der Waals surface area contributed by atoms with E-state index >= 15 is 0 Å². The van der Waals surface area contributed by atoms with Gasteiger partial charge in [-0.3, -0.25) is 4.98 Å². The molecule has 28 heavy (non-hydrogen) atoms. The summed E-state index contributed by atoms with van der Waals surface area (Å²) < 4.78 is 31.3. The molecule has 148 valence electrons. The van der Waals surface area contributed by atoms with Crippen molar-refractivity contribution < 1.29 is 13.2 Å². The van der Waals surface area contributed by atoms with Crippen LogP contribution in [0, 0.1) is 0 Å². The Morgan fingerprint density at radius 1 is 1.29 bits per heavy atom. The largest absolute Gasteiger partial charge is 0.378 e. The van der Waals surface area contributed by atoms with Crippen LogP contribution in [0.25, 0.3) is 21.6 Å². The van der Waals surface area contributed by atoms with E-state index in [1.807, 2.05) is 18.2 Å². The highest BCUT2D eigenvalue weighted by molar-refractivity contribution is 7.88. The average molecular weight is 420 g/mol. The number of aromatic nitrogens is 3. The van der Waals surface area contributed by atoms with Crippen LogP contribution in [-0.2, 0) is 21.3 Å². The van der Waals surface area contributed by atoms with E-state index in [-0.39, 0.29) is 0 Å². The predicted molar refractivity (Wildman–Crippen MR) is 110 cm³/mol. The molecule has 0 unspecified atom stereocenters. The number of fused-ring (bicyclic) bond motifs is 1. The molecule has 0 aliphatic carbocycles. The van der Waals surface area contributed by atoms with Crippen LogP contribution < -0.4 is 4.90 Å². The molecular weight excluding hydrogens is 398 g/mol. The Bertz CT molecular complexity index is 1080. The first-order valence-electron chi connectivity index (χ1n) is 8.87. The Morgan fingerprint density at radius 3 is 2.75 bits per heavy atom. The van der Waals surface area contributed by atoms with Crippen LogP contribution in [0.2, 0.25) is 0 Å². The zero-order chi connectivity index (χ0) is 19.7. The quantitative estimate of drug-likeness (QED) is 0.625. The monoisotopic (exact) mass is 419 g/mol. The second kappa shape index (κ2) is 7.70. The van der Waals surface area contributed by atoms with Gasteiger partial charge in [-0.2, -0.15) is 0 Å². The summed E-state index contributed by atoms with van der Waals surface area (Å²) in [6.45, 7) is 3.14. The molecule has 3 aromatic heterocycles. The van der Waals surface area contributed by atoms with Gasteiger partial charge in [-0.1, -0.05) is 0 Å². The van der Waals surface area contributed by atoms with Gasteiger partial charge < -0.3 is 9.64 Å². The van der Waals surface area contributed by atoms with E-state index < -0.39 is 10.0 Å². The number of rotatable bonds is 5. The number of ether oxygens (including phenoxy) is 1. The van der Waals surface area contributed by atoms with Crippen LogP contribution in [0.4, 0.5) is 5.82 Å². The van der Waals surface area contributed by atoms with Crippen molar-refractivity contribution in [2.75, 3.05) is 44.5 Å². The van der Waals surface area contributed by atoms with Crippen LogP contribution in [0.1, 0.15) is 4.88 Å². The lowest BCUT2D eigenvalue weighted by atomic mass is 10.2. The standard InChI is InChI=1S/C18H21N5O3S2/c1-22(28(2,24)25)12-14-10-15-16(27-14)18(23-6-8-26-9-7-23)21-17(20-15)13-4-3-5-19-11-13/h3-5,10-11H,6-9,12H2,1-2H3. The Hall–Kier alpha value is -2.14. The summed E-state index contributed by atoms with van der Waals surface area (Å²) in [5.41, 5.74) is 1.66. The third kappa shape index (κ3) is 4.00. The lowest BCUT2D eigenvalue weighted by Gasteiger charge is -2.28. The van der Waals surface area contributed by atoms with Gasteiger partial charge in [0.15, 0.2) is 11.6 Å². The molecule has 3 aromatic rings. The maximum absolute atomic E-state index is 11.8. The summed E-state index contributed by atoms with van der Waals surface area (Å²) in [6.07, 6.45) is 4.67.